The molecule has 0 aliphatic carbocycles. The van der Waals surface area contributed by atoms with E-state index in [-0.39, 0.29) is 18.4 Å². The first-order chi connectivity index (χ1) is 14.5. The first kappa shape index (κ1) is 21.1. The van der Waals surface area contributed by atoms with Crippen LogP contribution < -0.4 is 16.8 Å². The molecular weight excluding hydrogens is 380 g/mol. The van der Waals surface area contributed by atoms with E-state index in [0.717, 1.165) is 22.2 Å². The Bertz CT molecular complexity index is 1150. The molecule has 0 saturated carbocycles. The summed E-state index contributed by atoms with van der Waals surface area (Å²) in [4.78, 5) is 23.9. The molecule has 0 bridgehead atoms. The van der Waals surface area contributed by atoms with Crippen LogP contribution in [0.2, 0.25) is 0 Å². The molecule has 2 atom stereocenters. The first-order valence-electron chi connectivity index (χ1n) is 9.66. The molecule has 0 spiro atoms. The van der Waals surface area contributed by atoms with E-state index in [2.05, 4.69) is 18.0 Å². The van der Waals surface area contributed by atoms with E-state index in [1.54, 1.807) is 19.2 Å². The number of carbonyl (C=O) groups excluding carboxylic acids is 1. The van der Waals surface area contributed by atoms with Gasteiger partial charge in [0.25, 0.3) is 0 Å². The SMILES string of the molecule is C=CCC(CN)C(=O)N[C@H](C#N)Cc1ccc(-c2ccc3oc(=O)n(C)c3c2)cc1. The molecule has 154 valence electrons. The van der Waals surface area contributed by atoms with E-state index in [1.165, 1.54) is 4.57 Å². The number of allylic oxidation sites excluding steroid dienone is 1. The van der Waals surface area contributed by atoms with Gasteiger partial charge >= 0.3 is 5.76 Å². The molecule has 0 aliphatic rings. The Hall–Kier alpha value is -3.63. The molecule has 1 unspecified atom stereocenters. The number of hydrogen-bond acceptors (Lipinski definition) is 5. The summed E-state index contributed by atoms with van der Waals surface area (Å²) in [6, 6.07) is 14.8. The zero-order chi connectivity index (χ0) is 21.7. The van der Waals surface area contributed by atoms with Gasteiger partial charge in [0.1, 0.15) is 6.04 Å². The summed E-state index contributed by atoms with van der Waals surface area (Å²) in [5, 5.41) is 12.2. The number of nitriles is 1. The number of benzene rings is 2. The molecule has 0 saturated heterocycles. The normalized spacial score (nSPS) is 12.8. The van der Waals surface area contributed by atoms with E-state index in [4.69, 9.17) is 10.2 Å². The fourth-order valence-electron chi connectivity index (χ4n) is 3.31. The maximum absolute atomic E-state index is 12.3. The summed E-state index contributed by atoms with van der Waals surface area (Å²) in [6.07, 6.45) is 2.51. The minimum absolute atomic E-state index is 0.206. The predicted molar refractivity (Wildman–Crippen MR) is 115 cm³/mol. The molecule has 1 amide bonds. The molecule has 0 fully saturated rings. The highest BCUT2D eigenvalue weighted by Crippen LogP contribution is 2.24. The molecule has 0 aliphatic heterocycles. The van der Waals surface area contributed by atoms with Crippen LogP contribution in [0.5, 0.6) is 0 Å². The van der Waals surface area contributed by atoms with Crippen molar-refractivity contribution < 1.29 is 9.21 Å². The largest absolute Gasteiger partial charge is 0.419 e. The van der Waals surface area contributed by atoms with Gasteiger partial charge in [-0.2, -0.15) is 5.26 Å². The van der Waals surface area contributed by atoms with Crippen molar-refractivity contribution in [2.45, 2.75) is 18.9 Å². The van der Waals surface area contributed by atoms with Gasteiger partial charge in [0, 0.05) is 20.0 Å². The zero-order valence-electron chi connectivity index (χ0n) is 16.8. The maximum Gasteiger partial charge on any atom is 0.419 e. The third-order valence-corrected chi connectivity index (χ3v) is 5.10. The van der Waals surface area contributed by atoms with Crippen LogP contribution >= 0.6 is 0 Å². The number of rotatable bonds is 8. The molecule has 7 heteroatoms. The van der Waals surface area contributed by atoms with E-state index < -0.39 is 11.8 Å². The van der Waals surface area contributed by atoms with Crippen LogP contribution in [0.4, 0.5) is 0 Å². The molecule has 1 aromatic heterocycles. The minimum atomic E-state index is -0.640. The molecule has 2 aromatic carbocycles. The lowest BCUT2D eigenvalue weighted by Crippen LogP contribution is -2.41. The fraction of sp³-hybridized carbons (Fsp3) is 0.261. The van der Waals surface area contributed by atoms with Crippen molar-refractivity contribution >= 4 is 17.0 Å². The van der Waals surface area contributed by atoms with Gasteiger partial charge < -0.3 is 15.5 Å². The summed E-state index contributed by atoms with van der Waals surface area (Å²) in [5.41, 5.74) is 9.75. The monoisotopic (exact) mass is 404 g/mol. The lowest BCUT2D eigenvalue weighted by molar-refractivity contribution is -0.125. The van der Waals surface area contributed by atoms with Gasteiger partial charge in [-0.15, -0.1) is 6.58 Å². The number of carbonyl (C=O) groups is 1. The van der Waals surface area contributed by atoms with Crippen LogP contribution in [0.25, 0.3) is 22.2 Å². The number of oxazole rings is 1. The van der Waals surface area contributed by atoms with Crippen LogP contribution in [-0.2, 0) is 18.3 Å². The Labute approximate surface area is 174 Å². The number of hydrogen-bond donors (Lipinski definition) is 2. The topological polar surface area (TPSA) is 114 Å². The van der Waals surface area contributed by atoms with Gasteiger partial charge in [-0.05, 0) is 35.2 Å². The maximum atomic E-state index is 12.3. The standard InChI is InChI=1S/C23H24N4O3/c1-3-4-18(13-24)22(28)26-19(14-25)11-15-5-7-16(8-6-15)17-9-10-21-20(12-17)27(2)23(29)30-21/h3,5-10,12,18-19H,1,4,11,13,24H2,2H3,(H,26,28)/t18?,19-/m0/s1. The molecule has 7 nitrogen and oxygen atoms in total. The molecule has 3 N–H and O–H groups in total. The van der Waals surface area contributed by atoms with Crippen LogP contribution in [0.3, 0.4) is 0 Å². The van der Waals surface area contributed by atoms with Crippen LogP contribution in [0.1, 0.15) is 12.0 Å². The molecule has 3 aromatic rings. The Kier molecular flexibility index (Phi) is 6.50. The number of nitrogens with two attached hydrogens (primary N) is 1. The number of nitrogens with zero attached hydrogens (tertiary/aromatic N) is 2. The van der Waals surface area contributed by atoms with Crippen molar-refractivity contribution in [2.24, 2.45) is 18.7 Å². The second kappa shape index (κ2) is 9.25. The van der Waals surface area contributed by atoms with Crippen molar-refractivity contribution in [1.82, 2.24) is 9.88 Å². The molecule has 30 heavy (non-hydrogen) atoms. The first-order valence-corrected chi connectivity index (χ1v) is 9.66. The summed E-state index contributed by atoms with van der Waals surface area (Å²) < 4.78 is 6.63. The van der Waals surface area contributed by atoms with Gasteiger partial charge in [0.05, 0.1) is 17.5 Å². The Morgan fingerprint density at radius 3 is 2.63 bits per heavy atom. The van der Waals surface area contributed by atoms with Gasteiger partial charge in [0.15, 0.2) is 5.58 Å². The smallest absolute Gasteiger partial charge is 0.408 e. The molecule has 1 heterocycles. The Morgan fingerprint density at radius 1 is 1.30 bits per heavy atom. The average Bonchev–Trinajstić information content (AvgIpc) is 3.05. The average molecular weight is 404 g/mol. The van der Waals surface area contributed by atoms with Crippen molar-refractivity contribution in [2.75, 3.05) is 6.54 Å². The van der Waals surface area contributed by atoms with E-state index in [0.29, 0.717) is 18.4 Å². The van der Waals surface area contributed by atoms with Gasteiger partial charge in [-0.3, -0.25) is 9.36 Å². The van der Waals surface area contributed by atoms with Crippen molar-refractivity contribution in [3.8, 4) is 17.2 Å². The third-order valence-electron chi connectivity index (χ3n) is 5.10. The highest BCUT2D eigenvalue weighted by atomic mass is 16.4. The van der Waals surface area contributed by atoms with Crippen LogP contribution in [0.15, 0.2) is 64.3 Å². The second-order valence-corrected chi connectivity index (χ2v) is 7.16. The van der Waals surface area contributed by atoms with Crippen LogP contribution in [0, 0.1) is 17.2 Å². The third kappa shape index (κ3) is 4.50. The quantitative estimate of drug-likeness (QED) is 0.560. The predicted octanol–water partition coefficient (Wildman–Crippen LogP) is 2.50. The summed E-state index contributed by atoms with van der Waals surface area (Å²) in [6.45, 7) is 3.84. The van der Waals surface area contributed by atoms with Crippen LogP contribution in [-0.4, -0.2) is 23.1 Å². The van der Waals surface area contributed by atoms with Gasteiger partial charge in [-0.1, -0.05) is 36.4 Å². The van der Waals surface area contributed by atoms with E-state index >= 15 is 0 Å². The van der Waals surface area contributed by atoms with Gasteiger partial charge in [0.2, 0.25) is 5.91 Å². The number of aromatic nitrogens is 1. The molecule has 3 rings (SSSR count). The number of amides is 1. The minimum Gasteiger partial charge on any atom is -0.408 e. The van der Waals surface area contributed by atoms with E-state index in [1.807, 2.05) is 36.4 Å². The summed E-state index contributed by atoms with van der Waals surface area (Å²) in [5.74, 6) is -1.01. The zero-order valence-corrected chi connectivity index (χ0v) is 16.8. The second-order valence-electron chi connectivity index (χ2n) is 7.16. The highest BCUT2D eigenvalue weighted by Gasteiger charge is 2.19. The van der Waals surface area contributed by atoms with Gasteiger partial charge in [-0.25, -0.2) is 4.79 Å². The van der Waals surface area contributed by atoms with Crippen molar-refractivity contribution in [1.29, 1.82) is 5.26 Å². The van der Waals surface area contributed by atoms with E-state index in [9.17, 15) is 14.9 Å². The number of fused-ring (bicyclic) bond motifs is 1. The number of aryl methyl sites for hydroxylation is 1. The van der Waals surface area contributed by atoms with Crippen molar-refractivity contribution in [3.63, 3.8) is 0 Å². The Balaban J connectivity index is 1.73. The highest BCUT2D eigenvalue weighted by molar-refractivity contribution is 5.81. The summed E-state index contributed by atoms with van der Waals surface area (Å²) in [7, 11) is 1.67. The van der Waals surface area contributed by atoms with Crippen molar-refractivity contribution in [3.05, 3.63) is 71.2 Å². The molecule has 0 radical (unpaired) electrons. The Morgan fingerprint density at radius 2 is 2.00 bits per heavy atom. The fourth-order valence-corrected chi connectivity index (χ4v) is 3.31. The summed E-state index contributed by atoms with van der Waals surface area (Å²) >= 11 is 0. The molecular formula is C23H24N4O3. The number of nitrogens with one attached hydrogen (secondary N) is 1. The lowest BCUT2D eigenvalue weighted by Gasteiger charge is -2.17. The lowest BCUT2D eigenvalue weighted by atomic mass is 9.99.